The highest BCUT2D eigenvalue weighted by atomic mass is 16.3. The van der Waals surface area contributed by atoms with Gasteiger partial charge in [-0.2, -0.15) is 0 Å². The van der Waals surface area contributed by atoms with E-state index in [1.165, 1.54) is 6.92 Å². The summed E-state index contributed by atoms with van der Waals surface area (Å²) in [5, 5.41) is 10.4. The zero-order chi connectivity index (χ0) is 8.15. The van der Waals surface area contributed by atoms with Gasteiger partial charge in [0, 0.05) is 0 Å². The first-order chi connectivity index (χ1) is 4.57. The van der Waals surface area contributed by atoms with E-state index in [-0.39, 0.29) is 0 Å². The van der Waals surface area contributed by atoms with Gasteiger partial charge in [0.2, 0.25) is 5.91 Å². The van der Waals surface area contributed by atoms with E-state index in [0.717, 1.165) is 6.08 Å². The lowest BCUT2D eigenvalue weighted by Crippen LogP contribution is -2.36. The molecule has 0 saturated carbocycles. The Labute approximate surface area is 58.5 Å². The molecule has 0 aromatic carbocycles. The second kappa shape index (κ2) is 3.79. The minimum atomic E-state index is -1.16. The highest BCUT2D eigenvalue weighted by Crippen LogP contribution is 1.78. The van der Waals surface area contributed by atoms with Crippen LogP contribution in [0.25, 0.3) is 0 Å². The molecule has 10 heavy (non-hydrogen) atoms. The summed E-state index contributed by atoms with van der Waals surface area (Å²) in [7, 11) is 0. The van der Waals surface area contributed by atoms with Gasteiger partial charge in [-0.1, -0.05) is 6.58 Å². The number of hydrogen-bond acceptors (Lipinski definition) is 3. The van der Waals surface area contributed by atoms with Gasteiger partial charge in [0.15, 0.2) is 0 Å². The predicted molar refractivity (Wildman–Crippen MR) is 35.0 cm³/mol. The molecule has 1 atom stereocenters. The molecule has 2 amide bonds. The normalized spacial score (nSPS) is 11.8. The molecule has 56 valence electrons. The van der Waals surface area contributed by atoms with E-state index in [4.69, 9.17) is 5.11 Å². The fraction of sp³-hybridized carbons (Fsp3) is 0.333. The number of imide groups is 1. The van der Waals surface area contributed by atoms with Gasteiger partial charge in [-0.05, 0) is 13.0 Å². The first kappa shape index (κ1) is 8.84. The van der Waals surface area contributed by atoms with Crippen molar-refractivity contribution >= 4 is 11.8 Å². The molecule has 2 N–H and O–H groups in total. The molecule has 0 fully saturated rings. The van der Waals surface area contributed by atoms with Crippen LogP contribution in [0.2, 0.25) is 0 Å². The van der Waals surface area contributed by atoms with E-state index in [0.29, 0.717) is 0 Å². The second-order valence-corrected chi connectivity index (χ2v) is 1.73. The van der Waals surface area contributed by atoms with Crippen LogP contribution in [-0.4, -0.2) is 23.0 Å². The summed E-state index contributed by atoms with van der Waals surface area (Å²) in [5.41, 5.74) is 0. The molecule has 0 bridgehead atoms. The van der Waals surface area contributed by atoms with Crippen LogP contribution in [0.3, 0.4) is 0 Å². The Balaban J connectivity index is 3.80. The van der Waals surface area contributed by atoms with Crippen LogP contribution >= 0.6 is 0 Å². The molecule has 0 aliphatic rings. The van der Waals surface area contributed by atoms with Crippen LogP contribution in [0.15, 0.2) is 12.7 Å². The first-order valence-corrected chi connectivity index (χ1v) is 2.73. The van der Waals surface area contributed by atoms with E-state index >= 15 is 0 Å². The predicted octanol–water partition coefficient (Wildman–Crippen LogP) is -0.804. The molecular formula is C6H9NO3. The average molecular weight is 143 g/mol. The highest BCUT2D eigenvalue weighted by molar-refractivity contribution is 6.01. The third kappa shape index (κ3) is 2.99. The minimum Gasteiger partial charge on any atom is -0.384 e. The Morgan fingerprint density at radius 3 is 2.50 bits per heavy atom. The third-order valence-electron chi connectivity index (χ3n) is 0.811. The quantitative estimate of drug-likeness (QED) is 0.497. The van der Waals surface area contributed by atoms with Gasteiger partial charge in [0.1, 0.15) is 6.10 Å². The molecule has 0 heterocycles. The van der Waals surface area contributed by atoms with Crippen molar-refractivity contribution in [3.05, 3.63) is 12.7 Å². The van der Waals surface area contributed by atoms with Crippen molar-refractivity contribution in [3.63, 3.8) is 0 Å². The van der Waals surface area contributed by atoms with Crippen LogP contribution in [0.4, 0.5) is 0 Å². The number of amides is 2. The zero-order valence-electron chi connectivity index (χ0n) is 5.63. The number of aliphatic hydroxyl groups is 1. The van der Waals surface area contributed by atoms with Crippen molar-refractivity contribution in [2.45, 2.75) is 13.0 Å². The van der Waals surface area contributed by atoms with Gasteiger partial charge < -0.3 is 5.11 Å². The summed E-state index contributed by atoms with van der Waals surface area (Å²) in [6.45, 7) is 4.40. The van der Waals surface area contributed by atoms with Crippen molar-refractivity contribution in [2.75, 3.05) is 0 Å². The molecule has 0 aliphatic heterocycles. The van der Waals surface area contributed by atoms with Gasteiger partial charge in [-0.3, -0.25) is 14.9 Å². The molecule has 1 unspecified atom stereocenters. The lowest BCUT2D eigenvalue weighted by Gasteiger charge is -2.01. The van der Waals surface area contributed by atoms with Crippen LogP contribution in [0.5, 0.6) is 0 Å². The highest BCUT2D eigenvalue weighted by Gasteiger charge is 2.09. The molecule has 0 saturated heterocycles. The molecule has 0 aliphatic carbocycles. The molecule has 4 heteroatoms. The average Bonchev–Trinajstić information content (AvgIpc) is 1.87. The van der Waals surface area contributed by atoms with E-state index in [2.05, 4.69) is 6.58 Å². The van der Waals surface area contributed by atoms with Crippen molar-refractivity contribution < 1.29 is 14.7 Å². The number of carbonyl (C=O) groups excluding carboxylic acids is 2. The maximum absolute atomic E-state index is 10.5. The minimum absolute atomic E-state index is 0.606. The van der Waals surface area contributed by atoms with Crippen molar-refractivity contribution in [1.82, 2.24) is 5.32 Å². The molecule has 0 spiro atoms. The summed E-state index contributed by atoms with van der Waals surface area (Å²) in [6, 6.07) is 0. The molecule has 0 radical (unpaired) electrons. The SMILES string of the molecule is C=CC(=O)NC(=O)C(C)O. The lowest BCUT2D eigenvalue weighted by molar-refractivity contribution is -0.133. The largest absolute Gasteiger partial charge is 0.384 e. The summed E-state index contributed by atoms with van der Waals surface area (Å²) >= 11 is 0. The summed E-state index contributed by atoms with van der Waals surface area (Å²) in [6.07, 6.45) is -0.204. The van der Waals surface area contributed by atoms with Gasteiger partial charge in [0.05, 0.1) is 0 Å². The number of nitrogens with one attached hydrogen (secondary N) is 1. The number of carbonyl (C=O) groups is 2. The molecule has 0 rings (SSSR count). The van der Waals surface area contributed by atoms with E-state index < -0.39 is 17.9 Å². The Bertz CT molecular complexity index is 162. The summed E-state index contributed by atoms with van der Waals surface area (Å²) < 4.78 is 0. The summed E-state index contributed by atoms with van der Waals surface area (Å²) in [4.78, 5) is 20.8. The third-order valence-corrected chi connectivity index (χ3v) is 0.811. The number of aliphatic hydroxyl groups excluding tert-OH is 1. The van der Waals surface area contributed by atoms with Crippen LogP contribution in [-0.2, 0) is 9.59 Å². The summed E-state index contributed by atoms with van der Waals surface area (Å²) in [5.74, 6) is -1.32. The van der Waals surface area contributed by atoms with E-state index in [1.807, 2.05) is 5.32 Å². The molecule has 0 aromatic rings. The standard InChI is InChI=1S/C6H9NO3/c1-3-5(9)7-6(10)4(2)8/h3-4,8H,1H2,2H3,(H,7,9,10). The zero-order valence-corrected chi connectivity index (χ0v) is 5.63. The fourth-order valence-electron chi connectivity index (χ4n) is 0.277. The van der Waals surface area contributed by atoms with Gasteiger partial charge >= 0.3 is 0 Å². The second-order valence-electron chi connectivity index (χ2n) is 1.73. The fourth-order valence-corrected chi connectivity index (χ4v) is 0.277. The molecular weight excluding hydrogens is 134 g/mol. The Morgan fingerprint density at radius 2 is 2.20 bits per heavy atom. The van der Waals surface area contributed by atoms with Crippen LogP contribution in [0.1, 0.15) is 6.92 Å². The van der Waals surface area contributed by atoms with Crippen molar-refractivity contribution in [1.29, 1.82) is 0 Å². The number of rotatable bonds is 2. The maximum Gasteiger partial charge on any atom is 0.255 e. The van der Waals surface area contributed by atoms with E-state index in [9.17, 15) is 9.59 Å². The molecule has 0 aromatic heterocycles. The topological polar surface area (TPSA) is 66.4 Å². The Kier molecular flexibility index (Phi) is 3.35. The monoisotopic (exact) mass is 143 g/mol. The van der Waals surface area contributed by atoms with Crippen LogP contribution in [0, 0.1) is 0 Å². The van der Waals surface area contributed by atoms with Crippen molar-refractivity contribution in [3.8, 4) is 0 Å². The Hall–Kier alpha value is -1.16. The van der Waals surface area contributed by atoms with E-state index in [1.54, 1.807) is 0 Å². The molecule has 4 nitrogen and oxygen atoms in total. The number of hydrogen-bond donors (Lipinski definition) is 2. The van der Waals surface area contributed by atoms with Crippen molar-refractivity contribution in [2.24, 2.45) is 0 Å². The smallest absolute Gasteiger partial charge is 0.255 e. The van der Waals surface area contributed by atoms with Gasteiger partial charge in [0.25, 0.3) is 5.91 Å². The van der Waals surface area contributed by atoms with Gasteiger partial charge in [-0.15, -0.1) is 0 Å². The first-order valence-electron chi connectivity index (χ1n) is 2.73. The Morgan fingerprint density at radius 1 is 1.70 bits per heavy atom. The maximum atomic E-state index is 10.5. The van der Waals surface area contributed by atoms with Gasteiger partial charge in [-0.25, -0.2) is 0 Å². The lowest BCUT2D eigenvalue weighted by atomic mass is 10.4. The van der Waals surface area contributed by atoms with Crippen LogP contribution < -0.4 is 5.32 Å².